The molecule has 7 nitrogen and oxygen atoms in total. The van der Waals surface area contributed by atoms with Gasteiger partial charge < -0.3 is 18.2 Å². The van der Waals surface area contributed by atoms with Gasteiger partial charge >= 0.3 is 10.1 Å². The second kappa shape index (κ2) is 9.49. The number of furan rings is 1. The highest BCUT2D eigenvalue weighted by atomic mass is 32.2. The van der Waals surface area contributed by atoms with Crippen LogP contribution in [-0.4, -0.2) is 32.1 Å². The number of carbonyl (C=O) groups excluding carboxylic acids is 1. The van der Waals surface area contributed by atoms with Gasteiger partial charge in [-0.2, -0.15) is 8.42 Å². The quantitative estimate of drug-likeness (QED) is 0.480. The Morgan fingerprint density at radius 3 is 2.40 bits per heavy atom. The molecule has 1 amide bonds. The van der Waals surface area contributed by atoms with E-state index < -0.39 is 10.1 Å². The topological polar surface area (TPSA) is 86.1 Å². The summed E-state index contributed by atoms with van der Waals surface area (Å²) < 4.78 is 39.1. The molecule has 0 saturated carbocycles. The number of amides is 1. The first-order valence-corrected chi connectivity index (χ1v) is 10.9. The maximum atomic E-state index is 13.2. The van der Waals surface area contributed by atoms with Crippen LogP contribution in [0.15, 0.2) is 71.3 Å². The summed E-state index contributed by atoms with van der Waals surface area (Å²) in [4.78, 5) is 14.8. The number of ether oxygens (including phenoxy) is 1. The Hall–Kier alpha value is -3.26. The zero-order valence-corrected chi connectivity index (χ0v) is 17.6. The Labute approximate surface area is 176 Å². The predicted molar refractivity (Wildman–Crippen MR) is 112 cm³/mol. The number of hydrogen-bond acceptors (Lipinski definition) is 6. The molecule has 0 saturated heterocycles. The minimum Gasteiger partial charge on any atom is -0.497 e. The lowest BCUT2D eigenvalue weighted by Gasteiger charge is -2.22. The van der Waals surface area contributed by atoms with E-state index in [0.717, 1.165) is 5.56 Å². The minimum atomic E-state index is -3.63. The molecule has 30 heavy (non-hydrogen) atoms. The lowest BCUT2D eigenvalue weighted by molar-refractivity contribution is 0.0717. The van der Waals surface area contributed by atoms with Gasteiger partial charge in [0, 0.05) is 12.1 Å². The number of nitrogens with zero attached hydrogens (tertiary/aromatic N) is 1. The zero-order chi connectivity index (χ0) is 21.6. The highest BCUT2D eigenvalue weighted by Crippen LogP contribution is 2.20. The molecule has 1 heterocycles. The van der Waals surface area contributed by atoms with E-state index in [9.17, 15) is 13.2 Å². The van der Waals surface area contributed by atoms with E-state index in [4.69, 9.17) is 13.3 Å². The number of benzene rings is 2. The fraction of sp³-hybridized carbons (Fsp3) is 0.227. The SMILES string of the molecule is CCS(=O)(=O)Oc1cccc(CN(Cc2ccco2)C(=O)c2ccc(OC)cc2)c1. The maximum absolute atomic E-state index is 13.2. The summed E-state index contributed by atoms with van der Waals surface area (Å²) in [5.41, 5.74) is 1.23. The number of rotatable bonds is 9. The summed E-state index contributed by atoms with van der Waals surface area (Å²) in [6.45, 7) is 2.02. The molecule has 0 atom stereocenters. The molecule has 1 aromatic heterocycles. The Balaban J connectivity index is 1.84. The molecule has 2 aromatic carbocycles. The molecule has 0 bridgehead atoms. The van der Waals surface area contributed by atoms with Crippen molar-refractivity contribution in [1.82, 2.24) is 4.90 Å². The van der Waals surface area contributed by atoms with Gasteiger partial charge in [0.15, 0.2) is 0 Å². The van der Waals surface area contributed by atoms with Crippen LogP contribution >= 0.6 is 0 Å². The molecule has 3 aromatic rings. The molecular formula is C22H23NO6S. The summed E-state index contributed by atoms with van der Waals surface area (Å²) in [7, 11) is -2.07. The van der Waals surface area contributed by atoms with Crippen molar-refractivity contribution in [3.8, 4) is 11.5 Å². The molecule has 0 unspecified atom stereocenters. The van der Waals surface area contributed by atoms with Crippen molar-refractivity contribution in [3.05, 3.63) is 83.8 Å². The largest absolute Gasteiger partial charge is 0.497 e. The second-order valence-electron chi connectivity index (χ2n) is 6.55. The van der Waals surface area contributed by atoms with Crippen LogP contribution in [0.1, 0.15) is 28.6 Å². The maximum Gasteiger partial charge on any atom is 0.308 e. The van der Waals surface area contributed by atoms with E-state index in [1.54, 1.807) is 72.9 Å². The fourth-order valence-corrected chi connectivity index (χ4v) is 3.34. The average Bonchev–Trinajstić information content (AvgIpc) is 3.26. The van der Waals surface area contributed by atoms with E-state index >= 15 is 0 Å². The number of carbonyl (C=O) groups is 1. The smallest absolute Gasteiger partial charge is 0.308 e. The minimum absolute atomic E-state index is 0.127. The monoisotopic (exact) mass is 429 g/mol. The van der Waals surface area contributed by atoms with E-state index in [1.165, 1.54) is 6.92 Å². The molecule has 158 valence electrons. The van der Waals surface area contributed by atoms with Gasteiger partial charge in [-0.1, -0.05) is 12.1 Å². The van der Waals surface area contributed by atoms with Gasteiger partial charge in [-0.3, -0.25) is 4.79 Å². The molecular weight excluding hydrogens is 406 g/mol. The summed E-state index contributed by atoms with van der Waals surface area (Å²) in [6, 6.07) is 17.1. The Kier molecular flexibility index (Phi) is 6.79. The fourth-order valence-electron chi connectivity index (χ4n) is 2.83. The van der Waals surface area contributed by atoms with Crippen LogP contribution in [0.5, 0.6) is 11.5 Å². The zero-order valence-electron chi connectivity index (χ0n) is 16.8. The van der Waals surface area contributed by atoms with E-state index in [-0.39, 0.29) is 30.5 Å². The third-order valence-electron chi connectivity index (χ3n) is 4.40. The number of hydrogen-bond donors (Lipinski definition) is 0. The highest BCUT2D eigenvalue weighted by molar-refractivity contribution is 7.87. The molecule has 8 heteroatoms. The Morgan fingerprint density at radius 1 is 1.00 bits per heavy atom. The molecule has 0 fully saturated rings. The molecule has 0 aliphatic rings. The number of methoxy groups -OCH3 is 1. The Bertz CT molecular complexity index is 1080. The molecule has 0 aliphatic heterocycles. The lowest BCUT2D eigenvalue weighted by Crippen LogP contribution is -2.30. The van der Waals surface area contributed by atoms with Gasteiger partial charge in [0.25, 0.3) is 5.91 Å². The van der Waals surface area contributed by atoms with Crippen molar-refractivity contribution in [2.45, 2.75) is 20.0 Å². The van der Waals surface area contributed by atoms with Gasteiger partial charge in [-0.15, -0.1) is 0 Å². The van der Waals surface area contributed by atoms with Crippen molar-refractivity contribution in [2.24, 2.45) is 0 Å². The van der Waals surface area contributed by atoms with E-state index in [2.05, 4.69) is 0 Å². The standard InChI is InChI=1S/C22H23NO6S/c1-3-30(25,26)29-20-7-4-6-17(14-20)15-23(16-21-8-5-13-28-21)22(24)18-9-11-19(27-2)12-10-18/h4-14H,3,15-16H2,1-2H3. The van der Waals surface area contributed by atoms with Crippen LogP contribution in [0.4, 0.5) is 0 Å². The first-order valence-electron chi connectivity index (χ1n) is 9.37. The molecule has 0 spiro atoms. The molecule has 0 N–H and O–H groups in total. The molecule has 0 radical (unpaired) electrons. The summed E-state index contributed by atoms with van der Waals surface area (Å²) in [6.07, 6.45) is 1.55. The second-order valence-corrected chi connectivity index (χ2v) is 8.41. The van der Waals surface area contributed by atoms with Crippen LogP contribution in [0, 0.1) is 0 Å². The first kappa shape index (κ1) is 21.4. The summed E-state index contributed by atoms with van der Waals surface area (Å²) >= 11 is 0. The third-order valence-corrected chi connectivity index (χ3v) is 5.55. The van der Waals surface area contributed by atoms with Crippen LogP contribution < -0.4 is 8.92 Å². The summed E-state index contributed by atoms with van der Waals surface area (Å²) in [5, 5.41) is 0. The van der Waals surface area contributed by atoms with E-state index in [1.807, 2.05) is 6.07 Å². The van der Waals surface area contributed by atoms with E-state index in [0.29, 0.717) is 17.1 Å². The van der Waals surface area contributed by atoms with Crippen molar-refractivity contribution >= 4 is 16.0 Å². The normalized spacial score (nSPS) is 11.1. The van der Waals surface area contributed by atoms with Gasteiger partial charge in [0.1, 0.15) is 17.3 Å². The molecule has 0 aliphatic carbocycles. The summed E-state index contributed by atoms with van der Waals surface area (Å²) in [5.74, 6) is 1.19. The van der Waals surface area contributed by atoms with Crippen LogP contribution in [0.2, 0.25) is 0 Å². The van der Waals surface area contributed by atoms with Crippen molar-refractivity contribution in [3.63, 3.8) is 0 Å². The van der Waals surface area contributed by atoms with Crippen LogP contribution in [0.3, 0.4) is 0 Å². The van der Waals surface area contributed by atoms with Crippen molar-refractivity contribution < 1.29 is 26.5 Å². The third kappa shape index (κ3) is 5.64. The highest BCUT2D eigenvalue weighted by Gasteiger charge is 2.19. The predicted octanol–water partition coefficient (Wildman–Crippen LogP) is 3.86. The Morgan fingerprint density at radius 2 is 1.77 bits per heavy atom. The van der Waals surface area contributed by atoms with Gasteiger partial charge in [0.2, 0.25) is 0 Å². The lowest BCUT2D eigenvalue weighted by atomic mass is 10.1. The van der Waals surface area contributed by atoms with Crippen molar-refractivity contribution in [1.29, 1.82) is 0 Å². The first-order chi connectivity index (χ1) is 14.4. The van der Waals surface area contributed by atoms with Gasteiger partial charge in [-0.05, 0) is 61.0 Å². The van der Waals surface area contributed by atoms with Gasteiger partial charge in [-0.25, -0.2) is 0 Å². The van der Waals surface area contributed by atoms with Crippen molar-refractivity contribution in [2.75, 3.05) is 12.9 Å². The average molecular weight is 429 g/mol. The van der Waals surface area contributed by atoms with Crippen LogP contribution in [0.25, 0.3) is 0 Å². The van der Waals surface area contributed by atoms with Gasteiger partial charge in [0.05, 0.1) is 25.7 Å². The molecule has 3 rings (SSSR count). The van der Waals surface area contributed by atoms with Crippen LogP contribution in [-0.2, 0) is 23.2 Å².